The van der Waals surface area contributed by atoms with E-state index < -0.39 is 0 Å². The molecule has 0 spiro atoms. The van der Waals surface area contributed by atoms with Gasteiger partial charge in [-0.1, -0.05) is 62.6 Å². The Bertz CT molecular complexity index is 769. The Hall–Kier alpha value is -1.84. The van der Waals surface area contributed by atoms with Gasteiger partial charge in [-0.2, -0.15) is 0 Å². The van der Waals surface area contributed by atoms with Crippen molar-refractivity contribution in [2.24, 2.45) is 5.92 Å². The van der Waals surface area contributed by atoms with Crippen molar-refractivity contribution in [1.82, 2.24) is 0 Å². The Balaban J connectivity index is 1.22. The molecule has 174 valence electrons. The molecule has 2 aliphatic rings. The third-order valence-electron chi connectivity index (χ3n) is 7.18. The number of rotatable bonds is 11. The molecule has 1 saturated heterocycles. The van der Waals surface area contributed by atoms with E-state index in [9.17, 15) is 0 Å². The summed E-state index contributed by atoms with van der Waals surface area (Å²) < 4.78 is 17.1. The van der Waals surface area contributed by atoms with Crippen LogP contribution in [0.15, 0.2) is 48.5 Å². The lowest BCUT2D eigenvalue weighted by molar-refractivity contribution is -0.0509. The third-order valence-corrected chi connectivity index (χ3v) is 7.18. The fourth-order valence-corrected chi connectivity index (χ4v) is 5.14. The molecule has 0 N–H and O–H groups in total. The van der Waals surface area contributed by atoms with Crippen LogP contribution >= 0.6 is 0 Å². The maximum atomic E-state index is 5.88. The smallest absolute Gasteiger partial charge is 0.157 e. The number of hydrogen-bond acceptors (Lipinski definition) is 3. The fourth-order valence-electron chi connectivity index (χ4n) is 5.14. The number of hydrogen-bond donors (Lipinski definition) is 0. The Morgan fingerprint density at radius 3 is 2.06 bits per heavy atom. The predicted molar refractivity (Wildman–Crippen MR) is 131 cm³/mol. The van der Waals surface area contributed by atoms with Gasteiger partial charge >= 0.3 is 0 Å². The minimum atomic E-state index is 0.0618. The molecule has 1 saturated carbocycles. The second kappa shape index (κ2) is 12.4. The molecular formula is C29H40O3. The van der Waals surface area contributed by atoms with Gasteiger partial charge in [-0.3, -0.25) is 0 Å². The summed E-state index contributed by atoms with van der Waals surface area (Å²) in [5.74, 6) is 2.53. The molecule has 1 aliphatic heterocycles. The molecular weight excluding hydrogens is 396 g/mol. The summed E-state index contributed by atoms with van der Waals surface area (Å²) in [7, 11) is 0. The van der Waals surface area contributed by atoms with Gasteiger partial charge in [0.25, 0.3) is 0 Å². The molecule has 3 heteroatoms. The zero-order valence-corrected chi connectivity index (χ0v) is 19.8. The number of ether oxygens (including phenoxy) is 3. The van der Waals surface area contributed by atoms with Crippen LogP contribution in [-0.4, -0.2) is 26.1 Å². The van der Waals surface area contributed by atoms with Gasteiger partial charge in [-0.05, 0) is 85.6 Å². The molecule has 0 atom stereocenters. The monoisotopic (exact) mass is 436 g/mol. The van der Waals surface area contributed by atoms with E-state index in [-0.39, 0.29) is 6.29 Å². The average molecular weight is 437 g/mol. The molecule has 0 aromatic heterocycles. The van der Waals surface area contributed by atoms with E-state index in [0.717, 1.165) is 44.3 Å². The molecule has 0 unspecified atom stereocenters. The van der Waals surface area contributed by atoms with Gasteiger partial charge in [0.05, 0.1) is 19.8 Å². The molecule has 3 nitrogen and oxygen atoms in total. The molecule has 4 rings (SSSR count). The largest absolute Gasteiger partial charge is 0.494 e. The maximum Gasteiger partial charge on any atom is 0.157 e. The van der Waals surface area contributed by atoms with Crippen LogP contribution in [0.1, 0.15) is 82.6 Å². The van der Waals surface area contributed by atoms with Crippen molar-refractivity contribution in [2.75, 3.05) is 19.8 Å². The SMILES string of the molecule is CCCCCCOc1ccc(-c2ccc(C3CCC(CCC4OCCO4)CC3)cc2)cc1. The van der Waals surface area contributed by atoms with Crippen LogP contribution in [0.5, 0.6) is 5.75 Å². The molecule has 2 fully saturated rings. The van der Waals surface area contributed by atoms with Crippen molar-refractivity contribution >= 4 is 0 Å². The van der Waals surface area contributed by atoms with Gasteiger partial charge in [0.1, 0.15) is 5.75 Å². The van der Waals surface area contributed by atoms with Crippen LogP contribution in [0.3, 0.4) is 0 Å². The topological polar surface area (TPSA) is 27.7 Å². The second-order valence-corrected chi connectivity index (χ2v) is 9.52. The first-order valence-electron chi connectivity index (χ1n) is 12.9. The highest BCUT2D eigenvalue weighted by Gasteiger charge is 2.24. The van der Waals surface area contributed by atoms with Crippen LogP contribution in [0.4, 0.5) is 0 Å². The zero-order valence-electron chi connectivity index (χ0n) is 19.8. The van der Waals surface area contributed by atoms with Gasteiger partial charge in [-0.15, -0.1) is 0 Å². The number of unbranched alkanes of at least 4 members (excludes halogenated alkanes) is 3. The summed E-state index contributed by atoms with van der Waals surface area (Å²) in [5.41, 5.74) is 4.05. The van der Waals surface area contributed by atoms with Crippen LogP contribution in [0, 0.1) is 5.92 Å². The van der Waals surface area contributed by atoms with Crippen LogP contribution in [0.2, 0.25) is 0 Å². The summed E-state index contributed by atoms with van der Waals surface area (Å²) in [6, 6.07) is 17.8. The molecule has 0 bridgehead atoms. The van der Waals surface area contributed by atoms with Crippen molar-refractivity contribution in [3.63, 3.8) is 0 Å². The third kappa shape index (κ3) is 6.83. The summed E-state index contributed by atoms with van der Waals surface area (Å²) in [6.45, 7) is 4.59. The van der Waals surface area contributed by atoms with Gasteiger partial charge < -0.3 is 14.2 Å². The molecule has 0 radical (unpaired) electrons. The standard InChI is InChI=1S/C29H40O3/c1-2-3-4-5-20-30-28-17-15-27(16-18-28)26-13-11-25(12-14-26)24-9-6-23(7-10-24)8-19-29-31-21-22-32-29/h11-18,23-24,29H,2-10,19-22H2,1H3. The van der Waals surface area contributed by atoms with Crippen LogP contribution < -0.4 is 4.74 Å². The lowest BCUT2D eigenvalue weighted by Crippen LogP contribution is -2.16. The van der Waals surface area contributed by atoms with Crippen LogP contribution in [-0.2, 0) is 9.47 Å². The Labute approximate surface area is 194 Å². The highest BCUT2D eigenvalue weighted by atomic mass is 16.7. The fraction of sp³-hybridized carbons (Fsp3) is 0.586. The summed E-state index contributed by atoms with van der Waals surface area (Å²) >= 11 is 0. The van der Waals surface area contributed by atoms with Gasteiger partial charge in [0, 0.05) is 0 Å². The normalized spacial score (nSPS) is 21.7. The minimum Gasteiger partial charge on any atom is -0.494 e. The van der Waals surface area contributed by atoms with E-state index in [1.54, 1.807) is 0 Å². The molecule has 1 aliphatic carbocycles. The average Bonchev–Trinajstić information content (AvgIpc) is 3.37. The molecule has 2 aromatic rings. The molecule has 0 amide bonds. The lowest BCUT2D eigenvalue weighted by atomic mass is 9.77. The van der Waals surface area contributed by atoms with Gasteiger partial charge in [0.15, 0.2) is 6.29 Å². The van der Waals surface area contributed by atoms with Crippen molar-refractivity contribution in [3.05, 3.63) is 54.1 Å². The van der Waals surface area contributed by atoms with Crippen LogP contribution in [0.25, 0.3) is 11.1 Å². The summed E-state index contributed by atoms with van der Waals surface area (Å²) in [6.07, 6.45) is 12.6. The van der Waals surface area contributed by atoms with Crippen molar-refractivity contribution in [2.45, 2.75) is 83.3 Å². The first-order valence-corrected chi connectivity index (χ1v) is 12.9. The number of benzene rings is 2. The van der Waals surface area contributed by atoms with E-state index in [0.29, 0.717) is 5.92 Å². The molecule has 32 heavy (non-hydrogen) atoms. The van der Waals surface area contributed by atoms with E-state index in [1.165, 1.54) is 68.1 Å². The Morgan fingerprint density at radius 2 is 1.41 bits per heavy atom. The van der Waals surface area contributed by atoms with Gasteiger partial charge in [-0.25, -0.2) is 0 Å². The van der Waals surface area contributed by atoms with E-state index in [2.05, 4.69) is 55.5 Å². The summed E-state index contributed by atoms with van der Waals surface area (Å²) in [4.78, 5) is 0. The maximum absolute atomic E-state index is 5.88. The van der Waals surface area contributed by atoms with E-state index in [4.69, 9.17) is 14.2 Å². The highest BCUT2D eigenvalue weighted by Crippen LogP contribution is 2.38. The predicted octanol–water partition coefficient (Wildman–Crippen LogP) is 7.74. The van der Waals surface area contributed by atoms with E-state index >= 15 is 0 Å². The van der Waals surface area contributed by atoms with Gasteiger partial charge in [0.2, 0.25) is 0 Å². The Kier molecular flexibility index (Phi) is 9.05. The zero-order chi connectivity index (χ0) is 22.0. The quantitative estimate of drug-likeness (QED) is 0.337. The molecule has 2 aromatic carbocycles. The first-order chi connectivity index (χ1) is 15.8. The lowest BCUT2D eigenvalue weighted by Gasteiger charge is -2.29. The first kappa shape index (κ1) is 23.3. The minimum absolute atomic E-state index is 0.0618. The second-order valence-electron chi connectivity index (χ2n) is 9.52. The van der Waals surface area contributed by atoms with Crippen molar-refractivity contribution < 1.29 is 14.2 Å². The van der Waals surface area contributed by atoms with Crippen molar-refractivity contribution in [3.8, 4) is 16.9 Å². The van der Waals surface area contributed by atoms with Crippen molar-refractivity contribution in [1.29, 1.82) is 0 Å². The van der Waals surface area contributed by atoms with E-state index in [1.807, 2.05) is 0 Å². The molecule has 1 heterocycles. The Morgan fingerprint density at radius 1 is 0.750 bits per heavy atom. The summed E-state index contributed by atoms with van der Waals surface area (Å²) in [5, 5.41) is 0. The highest BCUT2D eigenvalue weighted by molar-refractivity contribution is 5.64.